The molecule has 3 heterocycles. The van der Waals surface area contributed by atoms with Crippen LogP contribution < -0.4 is 24.4 Å². The summed E-state index contributed by atoms with van der Waals surface area (Å²) in [4.78, 5) is 46.3. The number of carbonyl (C=O) groups excluding carboxylic acids is 2. The van der Waals surface area contributed by atoms with Crippen LogP contribution in [0.1, 0.15) is 42.3 Å². The Labute approximate surface area is 280 Å². The Morgan fingerprint density at radius 2 is 1.67 bits per heavy atom. The van der Waals surface area contributed by atoms with Gasteiger partial charge >= 0.3 is 11.9 Å². The number of aromatic nitrogens is 2. The third-order valence-corrected chi connectivity index (χ3v) is 9.24. The van der Waals surface area contributed by atoms with E-state index in [1.165, 1.54) is 23.0 Å². The summed E-state index contributed by atoms with van der Waals surface area (Å²) >= 11 is 1.23. The summed E-state index contributed by atoms with van der Waals surface area (Å²) in [6.07, 6.45) is 1.84. The molecule has 0 N–H and O–H groups in total. The molecule has 0 fully saturated rings. The number of esters is 2. The molecular formula is C37H35N3O7S. The molecule has 0 spiro atoms. The highest BCUT2D eigenvalue weighted by molar-refractivity contribution is 7.07. The Morgan fingerprint density at radius 1 is 0.938 bits per heavy atom. The summed E-state index contributed by atoms with van der Waals surface area (Å²) in [6, 6.07) is 21.4. The van der Waals surface area contributed by atoms with E-state index in [4.69, 9.17) is 23.9 Å². The Morgan fingerprint density at radius 3 is 2.38 bits per heavy atom. The molecule has 1 aliphatic rings. The molecule has 1 atom stereocenters. The van der Waals surface area contributed by atoms with Gasteiger partial charge in [-0.2, -0.15) is 0 Å². The van der Waals surface area contributed by atoms with Crippen molar-refractivity contribution in [2.45, 2.75) is 33.4 Å². The molecule has 0 bridgehead atoms. The molecular weight excluding hydrogens is 630 g/mol. The molecule has 6 rings (SSSR count). The second-order valence-electron chi connectivity index (χ2n) is 10.9. The summed E-state index contributed by atoms with van der Waals surface area (Å²) < 4.78 is 25.9. The van der Waals surface area contributed by atoms with Crippen molar-refractivity contribution >= 4 is 46.0 Å². The van der Waals surface area contributed by atoms with Crippen LogP contribution in [0.3, 0.4) is 0 Å². The van der Waals surface area contributed by atoms with Gasteiger partial charge in [0, 0.05) is 39.4 Å². The zero-order valence-electron chi connectivity index (χ0n) is 27.3. The minimum atomic E-state index is -0.926. The summed E-state index contributed by atoms with van der Waals surface area (Å²) in [5, 5.41) is 0.885. The summed E-state index contributed by atoms with van der Waals surface area (Å²) in [5.74, 6) is 0.0568. The van der Waals surface area contributed by atoms with Gasteiger partial charge in [-0.05, 0) is 45.0 Å². The minimum absolute atomic E-state index is 0.0376. The number of hydrogen-bond acceptors (Lipinski definition) is 9. The first-order chi connectivity index (χ1) is 23.3. The van der Waals surface area contributed by atoms with Crippen molar-refractivity contribution in [3.63, 3.8) is 0 Å². The van der Waals surface area contributed by atoms with Gasteiger partial charge in [-0.3, -0.25) is 14.2 Å². The molecule has 0 radical (unpaired) electrons. The number of fused-ring (bicyclic) bond motifs is 2. The van der Waals surface area contributed by atoms with E-state index in [-0.39, 0.29) is 36.9 Å². The number of benzene rings is 3. The quantitative estimate of drug-likeness (QED) is 0.198. The highest BCUT2D eigenvalue weighted by Crippen LogP contribution is 2.40. The summed E-state index contributed by atoms with van der Waals surface area (Å²) in [7, 11) is 3.09. The fourth-order valence-electron chi connectivity index (χ4n) is 6.09. The second kappa shape index (κ2) is 13.7. The first kappa shape index (κ1) is 32.5. The van der Waals surface area contributed by atoms with Gasteiger partial charge in [0.1, 0.15) is 24.1 Å². The fourth-order valence-corrected chi connectivity index (χ4v) is 7.07. The maximum atomic E-state index is 14.6. The van der Waals surface area contributed by atoms with Gasteiger partial charge in [0.15, 0.2) is 4.80 Å². The molecule has 0 amide bonds. The zero-order valence-corrected chi connectivity index (χ0v) is 28.1. The van der Waals surface area contributed by atoms with Crippen LogP contribution in [0.2, 0.25) is 0 Å². The molecule has 0 unspecified atom stereocenters. The molecule has 10 nitrogen and oxygen atoms in total. The minimum Gasteiger partial charge on any atom is -0.497 e. The first-order valence-electron chi connectivity index (χ1n) is 15.5. The van der Waals surface area contributed by atoms with E-state index in [1.54, 1.807) is 39.2 Å². The molecule has 0 aliphatic carbocycles. The largest absolute Gasteiger partial charge is 0.497 e. The number of rotatable bonds is 10. The van der Waals surface area contributed by atoms with E-state index in [2.05, 4.69) is 0 Å². The van der Waals surface area contributed by atoms with E-state index in [0.717, 1.165) is 22.2 Å². The van der Waals surface area contributed by atoms with Crippen LogP contribution >= 0.6 is 11.3 Å². The SMILES string of the molecule is CCOC(=O)Cn1c(C)c(/C=c2\sc3n(c2=O)[C@@H](c2ccc(OC)cc2OC)C(C(=O)OCC)=C(c2ccccc2)N=3)c2ccccc21. The standard InChI is InChI=1S/C37H35N3O7S/c1-6-46-31(41)21-39-22(3)27(25-15-11-12-16-28(25)39)20-30-35(42)40-34(26-18-17-24(44-4)19-29(26)45-5)32(36(43)47-7-2)33(38-37(40)48-30)23-13-9-8-10-14-23/h8-20,34H,6-7,21H2,1-5H3/b30-20-/t34-/m0/s1. The highest BCUT2D eigenvalue weighted by Gasteiger charge is 2.37. The van der Waals surface area contributed by atoms with Crippen molar-refractivity contribution in [1.82, 2.24) is 9.13 Å². The molecule has 0 saturated heterocycles. The van der Waals surface area contributed by atoms with E-state index < -0.39 is 12.0 Å². The van der Waals surface area contributed by atoms with Gasteiger partial charge in [-0.15, -0.1) is 0 Å². The van der Waals surface area contributed by atoms with E-state index in [1.807, 2.05) is 72.2 Å². The van der Waals surface area contributed by atoms with Crippen molar-refractivity contribution in [2.75, 3.05) is 27.4 Å². The van der Waals surface area contributed by atoms with Crippen LogP contribution in [0, 0.1) is 6.92 Å². The Hall–Kier alpha value is -5.42. The number of ether oxygens (including phenoxy) is 4. The lowest BCUT2D eigenvalue weighted by molar-refractivity contribution is -0.143. The molecule has 11 heteroatoms. The number of methoxy groups -OCH3 is 2. The van der Waals surface area contributed by atoms with Crippen LogP contribution in [0.15, 0.2) is 88.2 Å². The number of hydrogen-bond donors (Lipinski definition) is 0. The first-order valence-corrected chi connectivity index (χ1v) is 16.4. The molecule has 246 valence electrons. The normalized spacial score (nSPS) is 14.4. The molecule has 3 aromatic carbocycles. The third kappa shape index (κ3) is 5.81. The molecule has 2 aromatic heterocycles. The van der Waals surface area contributed by atoms with Crippen LogP contribution in [0.4, 0.5) is 0 Å². The van der Waals surface area contributed by atoms with Gasteiger partial charge in [-0.1, -0.05) is 59.9 Å². The van der Waals surface area contributed by atoms with E-state index >= 15 is 0 Å². The average molecular weight is 666 g/mol. The van der Waals surface area contributed by atoms with E-state index in [0.29, 0.717) is 37.7 Å². The van der Waals surface area contributed by atoms with Crippen molar-refractivity contribution < 1.29 is 28.5 Å². The lowest BCUT2D eigenvalue weighted by Crippen LogP contribution is -2.40. The Balaban J connectivity index is 1.65. The number of nitrogens with zero attached hydrogens (tertiary/aromatic N) is 3. The van der Waals surface area contributed by atoms with Gasteiger partial charge in [0.05, 0.1) is 43.2 Å². The zero-order chi connectivity index (χ0) is 33.9. The topological polar surface area (TPSA) is 110 Å². The highest BCUT2D eigenvalue weighted by atomic mass is 32.1. The van der Waals surface area contributed by atoms with Crippen molar-refractivity contribution in [3.8, 4) is 11.5 Å². The predicted molar refractivity (Wildman–Crippen MR) is 184 cm³/mol. The van der Waals surface area contributed by atoms with Crippen LogP contribution in [0.5, 0.6) is 11.5 Å². The third-order valence-electron chi connectivity index (χ3n) is 8.26. The van der Waals surface area contributed by atoms with E-state index in [9.17, 15) is 14.4 Å². The second-order valence-corrected chi connectivity index (χ2v) is 12.0. The summed E-state index contributed by atoms with van der Waals surface area (Å²) in [6.45, 7) is 5.88. The lowest BCUT2D eigenvalue weighted by atomic mass is 9.92. The lowest BCUT2D eigenvalue weighted by Gasteiger charge is -2.27. The fraction of sp³-hybridized carbons (Fsp3) is 0.243. The maximum absolute atomic E-state index is 14.6. The Bertz CT molecular complexity index is 2250. The van der Waals surface area contributed by atoms with Crippen LogP contribution in [-0.2, 0) is 25.6 Å². The smallest absolute Gasteiger partial charge is 0.338 e. The van der Waals surface area contributed by atoms with Crippen molar-refractivity contribution in [2.24, 2.45) is 4.99 Å². The summed E-state index contributed by atoms with van der Waals surface area (Å²) in [5.41, 5.74) is 4.01. The maximum Gasteiger partial charge on any atom is 0.338 e. The monoisotopic (exact) mass is 665 g/mol. The van der Waals surface area contributed by atoms with Gasteiger partial charge in [0.25, 0.3) is 5.56 Å². The van der Waals surface area contributed by atoms with Crippen molar-refractivity contribution in [3.05, 3.63) is 120 Å². The number of thiazole rings is 1. The molecule has 0 saturated carbocycles. The van der Waals surface area contributed by atoms with Gasteiger partial charge in [0.2, 0.25) is 0 Å². The van der Waals surface area contributed by atoms with Gasteiger partial charge < -0.3 is 23.5 Å². The number of para-hydroxylation sites is 1. The van der Waals surface area contributed by atoms with Gasteiger partial charge in [-0.25, -0.2) is 9.79 Å². The Kier molecular flexibility index (Phi) is 9.31. The molecule has 1 aliphatic heterocycles. The molecule has 5 aromatic rings. The predicted octanol–water partition coefficient (Wildman–Crippen LogP) is 4.78. The molecule has 48 heavy (non-hydrogen) atoms. The van der Waals surface area contributed by atoms with Crippen LogP contribution in [0.25, 0.3) is 22.7 Å². The average Bonchev–Trinajstić information content (AvgIpc) is 3.56. The van der Waals surface area contributed by atoms with Crippen molar-refractivity contribution in [1.29, 1.82) is 0 Å². The number of carbonyl (C=O) groups is 2. The van der Waals surface area contributed by atoms with Crippen LogP contribution in [-0.4, -0.2) is 48.5 Å².